The molecule has 0 saturated carbocycles. The molecule has 0 aliphatic heterocycles. The first-order valence-electron chi connectivity index (χ1n) is 6.63. The van der Waals surface area contributed by atoms with E-state index in [9.17, 15) is 4.79 Å². The molecule has 0 atom stereocenters. The zero-order chi connectivity index (χ0) is 15.1. The molecule has 21 heavy (non-hydrogen) atoms. The van der Waals surface area contributed by atoms with Crippen LogP contribution in [0.5, 0.6) is 0 Å². The van der Waals surface area contributed by atoms with E-state index in [4.69, 9.17) is 5.11 Å². The molecule has 4 nitrogen and oxygen atoms in total. The highest BCUT2D eigenvalue weighted by Crippen LogP contribution is 2.15. The molecule has 2 N–H and O–H groups in total. The summed E-state index contributed by atoms with van der Waals surface area (Å²) in [7, 11) is 0. The number of amides is 1. The molecule has 106 valence electrons. The number of hydrogen-bond donors (Lipinski definition) is 2. The lowest BCUT2D eigenvalue weighted by atomic mass is 10.1. The smallest absolute Gasteiger partial charge is 0.257 e. The van der Waals surface area contributed by atoms with Gasteiger partial charge in [-0.1, -0.05) is 30.0 Å². The number of hydrogen-bond acceptors (Lipinski definition) is 3. The average molecular weight is 280 g/mol. The van der Waals surface area contributed by atoms with E-state index in [-0.39, 0.29) is 12.5 Å². The SMILES string of the molecule is Cc1ccccc1NC(=O)c1ccncc1C#CCCO. The fourth-order valence-electron chi connectivity index (χ4n) is 1.81. The maximum Gasteiger partial charge on any atom is 0.257 e. The molecule has 0 aliphatic carbocycles. The van der Waals surface area contributed by atoms with Gasteiger partial charge in [-0.2, -0.15) is 0 Å². The third kappa shape index (κ3) is 3.91. The van der Waals surface area contributed by atoms with Gasteiger partial charge in [0, 0.05) is 24.5 Å². The first-order chi connectivity index (χ1) is 10.2. The number of carbonyl (C=O) groups is 1. The Kier molecular flexibility index (Phi) is 5.08. The van der Waals surface area contributed by atoms with Crippen molar-refractivity contribution in [3.05, 3.63) is 59.4 Å². The second-order valence-electron chi connectivity index (χ2n) is 4.47. The molecule has 0 fully saturated rings. The predicted molar refractivity (Wildman–Crippen MR) is 82.0 cm³/mol. The van der Waals surface area contributed by atoms with Gasteiger partial charge in [-0.15, -0.1) is 0 Å². The van der Waals surface area contributed by atoms with E-state index >= 15 is 0 Å². The number of aromatic nitrogens is 1. The van der Waals surface area contributed by atoms with E-state index < -0.39 is 0 Å². The number of aryl methyl sites for hydroxylation is 1. The van der Waals surface area contributed by atoms with Crippen molar-refractivity contribution in [1.82, 2.24) is 4.98 Å². The van der Waals surface area contributed by atoms with Crippen LogP contribution in [0.25, 0.3) is 0 Å². The number of benzene rings is 1. The minimum absolute atomic E-state index is 0.00198. The van der Waals surface area contributed by atoms with Crippen LogP contribution in [0.3, 0.4) is 0 Å². The summed E-state index contributed by atoms with van der Waals surface area (Å²) in [6.45, 7) is 1.93. The zero-order valence-corrected chi connectivity index (χ0v) is 11.8. The summed E-state index contributed by atoms with van der Waals surface area (Å²) in [6, 6.07) is 9.21. The molecule has 2 rings (SSSR count). The molecule has 1 aromatic carbocycles. The molecule has 0 radical (unpaired) electrons. The fourth-order valence-corrected chi connectivity index (χ4v) is 1.81. The summed E-state index contributed by atoms with van der Waals surface area (Å²) in [5.41, 5.74) is 2.79. The van der Waals surface area contributed by atoms with Gasteiger partial charge in [0.25, 0.3) is 5.91 Å². The van der Waals surface area contributed by atoms with Crippen molar-refractivity contribution >= 4 is 11.6 Å². The number of aliphatic hydroxyl groups is 1. The van der Waals surface area contributed by atoms with Crippen molar-refractivity contribution < 1.29 is 9.90 Å². The first-order valence-corrected chi connectivity index (χ1v) is 6.63. The molecule has 1 heterocycles. The molecule has 0 bridgehead atoms. The van der Waals surface area contributed by atoms with Gasteiger partial charge in [0.1, 0.15) is 0 Å². The molecule has 2 aromatic rings. The topological polar surface area (TPSA) is 62.2 Å². The Labute approximate surface area is 123 Å². The number of nitrogens with one attached hydrogen (secondary N) is 1. The van der Waals surface area contributed by atoms with E-state index in [1.807, 2.05) is 31.2 Å². The summed E-state index contributed by atoms with van der Waals surface area (Å²) in [6.07, 6.45) is 3.48. The van der Waals surface area contributed by atoms with E-state index in [2.05, 4.69) is 22.1 Å². The van der Waals surface area contributed by atoms with Crippen LogP contribution >= 0.6 is 0 Å². The second kappa shape index (κ2) is 7.22. The molecule has 0 aliphatic rings. The maximum absolute atomic E-state index is 12.4. The molecule has 4 heteroatoms. The van der Waals surface area contributed by atoms with Gasteiger partial charge >= 0.3 is 0 Å². The number of carbonyl (C=O) groups excluding carboxylic acids is 1. The third-order valence-electron chi connectivity index (χ3n) is 2.92. The summed E-state index contributed by atoms with van der Waals surface area (Å²) in [5.74, 6) is 5.44. The highest BCUT2D eigenvalue weighted by molar-refractivity contribution is 6.06. The quantitative estimate of drug-likeness (QED) is 0.849. The maximum atomic E-state index is 12.4. The second-order valence-corrected chi connectivity index (χ2v) is 4.47. The standard InChI is InChI=1S/C17H16N2O2/c1-13-6-2-3-8-16(13)19-17(21)15-9-10-18-12-14(15)7-4-5-11-20/h2-3,6,8-10,12,20H,5,11H2,1H3,(H,19,21). The number of aliphatic hydroxyl groups excluding tert-OH is 1. The summed E-state index contributed by atoms with van der Waals surface area (Å²) < 4.78 is 0. The lowest BCUT2D eigenvalue weighted by Gasteiger charge is -2.09. The summed E-state index contributed by atoms with van der Waals surface area (Å²) in [4.78, 5) is 16.3. The third-order valence-corrected chi connectivity index (χ3v) is 2.92. The van der Waals surface area contributed by atoms with Crippen molar-refractivity contribution in [3.8, 4) is 11.8 Å². The van der Waals surface area contributed by atoms with Gasteiger partial charge in [0.2, 0.25) is 0 Å². The van der Waals surface area contributed by atoms with Gasteiger partial charge < -0.3 is 10.4 Å². The highest BCUT2D eigenvalue weighted by atomic mass is 16.2. The van der Waals surface area contributed by atoms with Crippen molar-refractivity contribution in [2.45, 2.75) is 13.3 Å². The Morgan fingerprint density at radius 2 is 2.14 bits per heavy atom. The number of rotatable bonds is 3. The molecule has 0 saturated heterocycles. The Bertz CT molecular complexity index is 699. The van der Waals surface area contributed by atoms with Crippen molar-refractivity contribution in [3.63, 3.8) is 0 Å². The van der Waals surface area contributed by atoms with Crippen molar-refractivity contribution in [1.29, 1.82) is 0 Å². The zero-order valence-electron chi connectivity index (χ0n) is 11.8. The van der Waals surface area contributed by atoms with Crippen LogP contribution in [-0.4, -0.2) is 22.6 Å². The minimum Gasteiger partial charge on any atom is -0.395 e. The van der Waals surface area contributed by atoms with E-state index in [0.717, 1.165) is 11.3 Å². The largest absolute Gasteiger partial charge is 0.395 e. The van der Waals surface area contributed by atoms with Crippen molar-refractivity contribution in [2.24, 2.45) is 0 Å². The highest BCUT2D eigenvalue weighted by Gasteiger charge is 2.11. The van der Waals surface area contributed by atoms with Gasteiger partial charge in [-0.05, 0) is 24.6 Å². The number of pyridine rings is 1. The first kappa shape index (κ1) is 14.8. The molecule has 1 aromatic heterocycles. The Hall–Kier alpha value is -2.64. The van der Waals surface area contributed by atoms with Crippen molar-refractivity contribution in [2.75, 3.05) is 11.9 Å². The summed E-state index contributed by atoms with van der Waals surface area (Å²) in [5, 5.41) is 11.6. The van der Waals surface area contributed by atoms with Crippen LogP contribution in [0.4, 0.5) is 5.69 Å². The molecule has 1 amide bonds. The van der Waals surface area contributed by atoms with Crippen LogP contribution in [-0.2, 0) is 0 Å². The van der Waals surface area contributed by atoms with Gasteiger partial charge in [-0.3, -0.25) is 9.78 Å². The molecular formula is C17H16N2O2. The Morgan fingerprint density at radius 3 is 2.90 bits per heavy atom. The van der Waals surface area contributed by atoms with E-state index in [1.165, 1.54) is 0 Å². The molecular weight excluding hydrogens is 264 g/mol. The predicted octanol–water partition coefficient (Wildman–Crippen LogP) is 2.38. The number of anilines is 1. The average Bonchev–Trinajstić information content (AvgIpc) is 2.50. The van der Waals surface area contributed by atoms with Crippen LogP contribution < -0.4 is 5.32 Å². The number of para-hydroxylation sites is 1. The molecule has 0 unspecified atom stereocenters. The fraction of sp³-hybridized carbons (Fsp3) is 0.176. The minimum atomic E-state index is -0.222. The summed E-state index contributed by atoms with van der Waals surface area (Å²) >= 11 is 0. The lowest BCUT2D eigenvalue weighted by molar-refractivity contribution is 0.102. The Balaban J connectivity index is 2.24. The Morgan fingerprint density at radius 1 is 1.33 bits per heavy atom. The van der Waals surface area contributed by atoms with Gasteiger partial charge in [0.05, 0.1) is 17.7 Å². The van der Waals surface area contributed by atoms with Crippen LogP contribution in [0, 0.1) is 18.8 Å². The van der Waals surface area contributed by atoms with Gasteiger partial charge in [0.15, 0.2) is 0 Å². The van der Waals surface area contributed by atoms with Crippen LogP contribution in [0.1, 0.15) is 27.9 Å². The monoisotopic (exact) mass is 280 g/mol. The lowest BCUT2D eigenvalue weighted by Crippen LogP contribution is -2.14. The van der Waals surface area contributed by atoms with E-state index in [1.54, 1.807) is 18.5 Å². The van der Waals surface area contributed by atoms with Crippen LogP contribution in [0.15, 0.2) is 42.7 Å². The number of nitrogens with zero attached hydrogens (tertiary/aromatic N) is 1. The molecule has 0 spiro atoms. The van der Waals surface area contributed by atoms with Crippen LogP contribution in [0.2, 0.25) is 0 Å². The van der Waals surface area contributed by atoms with Gasteiger partial charge in [-0.25, -0.2) is 0 Å². The normalized spacial score (nSPS) is 9.62. The van der Waals surface area contributed by atoms with E-state index in [0.29, 0.717) is 17.5 Å².